The van der Waals surface area contributed by atoms with E-state index in [9.17, 15) is 24.3 Å². The summed E-state index contributed by atoms with van der Waals surface area (Å²) in [5.74, 6) is -0.375. The van der Waals surface area contributed by atoms with Gasteiger partial charge in [-0.1, -0.05) is 12.1 Å². The van der Waals surface area contributed by atoms with Crippen LogP contribution in [0.2, 0.25) is 0 Å². The predicted molar refractivity (Wildman–Crippen MR) is 217 cm³/mol. The minimum atomic E-state index is -1.02. The van der Waals surface area contributed by atoms with E-state index in [0.29, 0.717) is 88.7 Å². The van der Waals surface area contributed by atoms with Gasteiger partial charge in [-0.25, -0.2) is 24.7 Å². The van der Waals surface area contributed by atoms with Gasteiger partial charge in [0.2, 0.25) is 23.7 Å². The van der Waals surface area contributed by atoms with Crippen LogP contribution >= 0.6 is 23.5 Å². The summed E-state index contributed by atoms with van der Waals surface area (Å²) >= 11 is 2.75. The van der Waals surface area contributed by atoms with Crippen LogP contribution in [0.1, 0.15) is 68.7 Å². The second kappa shape index (κ2) is 20.4. The Kier molecular flexibility index (Phi) is 15.8. The molecule has 0 radical (unpaired) electrons. The summed E-state index contributed by atoms with van der Waals surface area (Å²) in [5, 5.41) is 19.4. The van der Waals surface area contributed by atoms with Crippen molar-refractivity contribution in [3.63, 3.8) is 0 Å². The number of amides is 3. The molecule has 10 N–H and O–H groups in total. The quantitative estimate of drug-likeness (QED) is 0.0402. The SMILES string of the molecule is Cc1cc(C)c(-c2cc(SCCC(=O)NCCCNC(=O)c3cc(-c4cc(SCCC(=O)NCCCN)nc(N)n4)c(C)cc3C)nc(N)n2)cc1C(=O)O. The molecule has 292 valence electrons. The summed E-state index contributed by atoms with van der Waals surface area (Å²) in [5.41, 5.74) is 23.9. The third kappa shape index (κ3) is 12.7. The van der Waals surface area contributed by atoms with Crippen LogP contribution in [-0.2, 0) is 9.59 Å². The molecule has 2 aromatic carbocycles. The number of nitrogens with one attached hydrogen (secondary N) is 3. The highest BCUT2D eigenvalue weighted by Crippen LogP contribution is 2.30. The lowest BCUT2D eigenvalue weighted by molar-refractivity contribution is -0.121. The molecule has 0 saturated heterocycles. The van der Waals surface area contributed by atoms with Crippen molar-refractivity contribution >= 4 is 59.1 Å². The lowest BCUT2D eigenvalue weighted by Crippen LogP contribution is -2.30. The fourth-order valence-electron chi connectivity index (χ4n) is 5.66. The van der Waals surface area contributed by atoms with E-state index in [4.69, 9.17) is 17.2 Å². The number of hydrogen-bond donors (Lipinski definition) is 7. The van der Waals surface area contributed by atoms with Crippen LogP contribution in [0, 0.1) is 27.7 Å². The minimum Gasteiger partial charge on any atom is -0.478 e. The fourth-order valence-corrected chi connectivity index (χ4v) is 7.36. The molecule has 0 atom stereocenters. The van der Waals surface area contributed by atoms with Crippen LogP contribution in [0.25, 0.3) is 22.5 Å². The number of hydrogen-bond acceptors (Lipinski definition) is 13. The number of thioether (sulfide) groups is 2. The number of rotatable bonds is 19. The van der Waals surface area contributed by atoms with Crippen LogP contribution < -0.4 is 33.2 Å². The predicted octanol–water partition coefficient (Wildman–Crippen LogP) is 4.06. The minimum absolute atomic E-state index is 0.0523. The van der Waals surface area contributed by atoms with Gasteiger partial charge in [0.05, 0.1) is 17.0 Å². The van der Waals surface area contributed by atoms with Crippen molar-refractivity contribution in [3.05, 3.63) is 69.8 Å². The number of nitrogens with two attached hydrogens (primary N) is 3. The number of carboxylic acid groups (broad SMARTS) is 1. The lowest BCUT2D eigenvalue weighted by Gasteiger charge is -2.14. The average molecular weight is 789 g/mol. The van der Waals surface area contributed by atoms with E-state index in [-0.39, 0.29) is 41.6 Å². The number of aromatic carboxylic acids is 1. The molecular formula is C38H48N10O5S2. The molecule has 0 aliphatic heterocycles. The van der Waals surface area contributed by atoms with Crippen LogP contribution in [0.5, 0.6) is 0 Å². The van der Waals surface area contributed by atoms with Gasteiger partial charge in [-0.2, -0.15) is 0 Å². The number of aryl methyl sites for hydroxylation is 4. The number of anilines is 2. The number of benzene rings is 2. The van der Waals surface area contributed by atoms with Gasteiger partial charge in [0.1, 0.15) is 10.1 Å². The Morgan fingerprint density at radius 3 is 1.56 bits per heavy atom. The molecule has 0 aliphatic rings. The van der Waals surface area contributed by atoms with Crippen molar-refractivity contribution in [2.24, 2.45) is 5.73 Å². The van der Waals surface area contributed by atoms with Gasteiger partial charge in [-0.05, 0) is 93.6 Å². The average Bonchev–Trinajstić information content (AvgIpc) is 3.11. The Labute approximate surface area is 328 Å². The van der Waals surface area contributed by atoms with E-state index in [2.05, 4.69) is 35.9 Å². The largest absolute Gasteiger partial charge is 0.478 e. The first-order valence-electron chi connectivity index (χ1n) is 17.8. The third-order valence-corrected chi connectivity index (χ3v) is 10.3. The smallest absolute Gasteiger partial charge is 0.335 e. The Bertz CT molecular complexity index is 2050. The summed E-state index contributed by atoms with van der Waals surface area (Å²) in [4.78, 5) is 66.8. The zero-order valence-corrected chi connectivity index (χ0v) is 33.1. The molecule has 0 bridgehead atoms. The van der Waals surface area contributed by atoms with Crippen molar-refractivity contribution in [2.75, 3.05) is 49.2 Å². The summed E-state index contributed by atoms with van der Waals surface area (Å²) < 4.78 is 0. The first-order valence-corrected chi connectivity index (χ1v) is 19.8. The number of carbonyl (C=O) groups is 4. The monoisotopic (exact) mass is 788 g/mol. The second-order valence-electron chi connectivity index (χ2n) is 12.8. The van der Waals surface area contributed by atoms with Gasteiger partial charge < -0.3 is 38.3 Å². The molecule has 0 saturated carbocycles. The van der Waals surface area contributed by atoms with Crippen molar-refractivity contribution in [1.29, 1.82) is 0 Å². The normalized spacial score (nSPS) is 10.9. The van der Waals surface area contributed by atoms with Crippen LogP contribution in [0.15, 0.2) is 46.5 Å². The molecule has 0 aliphatic carbocycles. The Morgan fingerprint density at radius 1 is 0.618 bits per heavy atom. The molecule has 4 rings (SSSR count). The van der Waals surface area contributed by atoms with Gasteiger partial charge in [-0.3, -0.25) is 14.4 Å². The zero-order valence-electron chi connectivity index (χ0n) is 31.5. The first-order chi connectivity index (χ1) is 26.2. The number of nitrogens with zero attached hydrogens (tertiary/aromatic N) is 4. The standard InChI is InChI=1S/C38H48N10O5S2/c1-21-15-23(3)27(17-25(21)29-19-33(47-37(40)45-29)54-13-7-31(49)42-10-5-9-39)35(51)44-12-6-11-43-32(50)8-14-55-34-20-30(46-38(41)48-34)26-18-28(36(52)53)24(4)16-22(26)2/h15-20H,5-14,39H2,1-4H3,(H,42,49)(H,43,50)(H,44,51)(H,52,53)(H2,40,45,47)(H2,41,46,48). The Morgan fingerprint density at radius 2 is 1.07 bits per heavy atom. The van der Waals surface area contributed by atoms with E-state index in [1.165, 1.54) is 23.5 Å². The van der Waals surface area contributed by atoms with Crippen LogP contribution in [0.4, 0.5) is 11.9 Å². The van der Waals surface area contributed by atoms with Gasteiger partial charge in [0.15, 0.2) is 0 Å². The van der Waals surface area contributed by atoms with E-state index >= 15 is 0 Å². The molecule has 15 nitrogen and oxygen atoms in total. The highest BCUT2D eigenvalue weighted by molar-refractivity contribution is 7.99. The molecule has 0 spiro atoms. The number of carbonyl (C=O) groups excluding carboxylic acids is 3. The van der Waals surface area contributed by atoms with Crippen LogP contribution in [-0.4, -0.2) is 86.4 Å². The highest BCUT2D eigenvalue weighted by Gasteiger charge is 2.17. The van der Waals surface area contributed by atoms with Crippen LogP contribution in [0.3, 0.4) is 0 Å². The molecular weight excluding hydrogens is 741 g/mol. The highest BCUT2D eigenvalue weighted by atomic mass is 32.2. The van der Waals surface area contributed by atoms with Crippen molar-refractivity contribution in [3.8, 4) is 22.5 Å². The molecule has 3 amide bonds. The molecule has 17 heteroatoms. The maximum Gasteiger partial charge on any atom is 0.335 e. The second-order valence-corrected chi connectivity index (χ2v) is 15.0. The van der Waals surface area contributed by atoms with E-state index in [1.54, 1.807) is 37.3 Å². The zero-order chi connectivity index (χ0) is 40.1. The lowest BCUT2D eigenvalue weighted by atomic mass is 9.97. The summed E-state index contributed by atoms with van der Waals surface area (Å²) in [6.45, 7) is 9.22. The van der Waals surface area contributed by atoms with Crippen molar-refractivity contribution in [1.82, 2.24) is 35.9 Å². The van der Waals surface area contributed by atoms with Gasteiger partial charge in [0.25, 0.3) is 5.91 Å². The molecule has 55 heavy (non-hydrogen) atoms. The van der Waals surface area contributed by atoms with Gasteiger partial charge in [-0.15, -0.1) is 23.5 Å². The Balaban J connectivity index is 1.25. The molecule has 0 fully saturated rings. The molecule has 4 aromatic rings. The van der Waals surface area contributed by atoms with Gasteiger partial charge in [0, 0.05) is 60.7 Å². The summed E-state index contributed by atoms with van der Waals surface area (Å²) in [6.07, 6.45) is 1.80. The summed E-state index contributed by atoms with van der Waals surface area (Å²) in [6, 6.07) is 10.6. The fraction of sp³-hybridized carbons (Fsp3) is 0.368. The first kappa shape index (κ1) is 42.5. The van der Waals surface area contributed by atoms with Crippen molar-refractivity contribution < 1.29 is 24.3 Å². The van der Waals surface area contributed by atoms with E-state index in [0.717, 1.165) is 28.7 Å². The molecule has 2 aromatic heterocycles. The third-order valence-electron chi connectivity index (χ3n) is 8.43. The number of aromatic nitrogens is 4. The van der Waals surface area contributed by atoms with Crippen molar-refractivity contribution in [2.45, 2.75) is 63.4 Å². The van der Waals surface area contributed by atoms with E-state index in [1.807, 2.05) is 26.8 Å². The summed E-state index contributed by atoms with van der Waals surface area (Å²) in [7, 11) is 0. The molecule has 2 heterocycles. The Hall–Kier alpha value is -5.26. The maximum absolute atomic E-state index is 13.2. The number of nitrogen functional groups attached to an aromatic ring is 2. The van der Waals surface area contributed by atoms with Gasteiger partial charge >= 0.3 is 5.97 Å². The molecule has 0 unspecified atom stereocenters. The number of carboxylic acids is 1. The maximum atomic E-state index is 13.2. The van der Waals surface area contributed by atoms with E-state index < -0.39 is 5.97 Å². The topological polar surface area (TPSA) is 254 Å².